The van der Waals surface area contributed by atoms with Crippen molar-refractivity contribution in [3.05, 3.63) is 66.0 Å². The lowest BCUT2D eigenvalue weighted by Gasteiger charge is -2.24. The summed E-state index contributed by atoms with van der Waals surface area (Å²) in [5.41, 5.74) is 5.90. The molecule has 2 aromatic rings. The molecule has 1 amide bonds. The van der Waals surface area contributed by atoms with E-state index in [1.807, 2.05) is 30.3 Å². The Morgan fingerprint density at radius 3 is 2.48 bits per heavy atom. The first-order chi connectivity index (χ1) is 11.0. The van der Waals surface area contributed by atoms with Crippen LogP contribution in [-0.4, -0.2) is 18.2 Å². The van der Waals surface area contributed by atoms with Crippen molar-refractivity contribution < 1.29 is 9.18 Å². The molecule has 3 N–H and O–H groups in total. The van der Waals surface area contributed by atoms with Crippen molar-refractivity contribution in [1.82, 2.24) is 5.32 Å². The molecule has 0 fully saturated rings. The van der Waals surface area contributed by atoms with Gasteiger partial charge in [-0.15, -0.1) is 11.8 Å². The van der Waals surface area contributed by atoms with Crippen molar-refractivity contribution in [3.8, 4) is 0 Å². The third-order valence-corrected chi connectivity index (χ3v) is 4.63. The Bertz CT molecular complexity index is 629. The molecule has 1 unspecified atom stereocenters. The predicted molar refractivity (Wildman–Crippen MR) is 92.7 cm³/mol. The van der Waals surface area contributed by atoms with Gasteiger partial charge < -0.3 is 11.1 Å². The van der Waals surface area contributed by atoms with E-state index in [-0.39, 0.29) is 11.7 Å². The summed E-state index contributed by atoms with van der Waals surface area (Å²) < 4.78 is 12.8. The van der Waals surface area contributed by atoms with Crippen LogP contribution in [0.15, 0.2) is 59.5 Å². The van der Waals surface area contributed by atoms with Gasteiger partial charge in [0.1, 0.15) is 11.4 Å². The van der Waals surface area contributed by atoms with E-state index in [9.17, 15) is 9.18 Å². The standard InChI is InChI=1S/C18H21FN2OS/c1-18(20,14-6-3-2-4-7-14)17(22)21-12-5-13-23-16-10-8-15(19)9-11-16/h2-4,6-11H,5,12-13,20H2,1H3,(H,21,22). The van der Waals surface area contributed by atoms with Crippen LogP contribution >= 0.6 is 11.8 Å². The lowest BCUT2D eigenvalue weighted by Crippen LogP contribution is -2.49. The van der Waals surface area contributed by atoms with Crippen LogP contribution in [0.5, 0.6) is 0 Å². The van der Waals surface area contributed by atoms with Crippen LogP contribution in [0.25, 0.3) is 0 Å². The van der Waals surface area contributed by atoms with Crippen molar-refractivity contribution >= 4 is 17.7 Å². The number of hydrogen-bond acceptors (Lipinski definition) is 3. The summed E-state index contributed by atoms with van der Waals surface area (Å²) >= 11 is 1.64. The zero-order valence-corrected chi connectivity index (χ0v) is 13.9. The summed E-state index contributed by atoms with van der Waals surface area (Å²) in [6.45, 7) is 2.28. The zero-order valence-electron chi connectivity index (χ0n) is 13.1. The summed E-state index contributed by atoms with van der Waals surface area (Å²) in [4.78, 5) is 13.3. The van der Waals surface area contributed by atoms with Crippen molar-refractivity contribution in [3.63, 3.8) is 0 Å². The largest absolute Gasteiger partial charge is 0.354 e. The van der Waals surface area contributed by atoms with E-state index in [0.29, 0.717) is 6.54 Å². The van der Waals surface area contributed by atoms with E-state index in [2.05, 4.69) is 5.32 Å². The molecule has 3 nitrogen and oxygen atoms in total. The molecule has 0 bridgehead atoms. The Labute approximate surface area is 140 Å². The molecule has 0 saturated heterocycles. The zero-order chi connectivity index (χ0) is 16.7. The number of amides is 1. The third kappa shape index (κ3) is 5.08. The van der Waals surface area contributed by atoms with Crippen LogP contribution in [0.1, 0.15) is 18.9 Å². The summed E-state index contributed by atoms with van der Waals surface area (Å²) in [5.74, 6) is 0.429. The number of halogens is 1. The molecule has 0 aliphatic rings. The number of carbonyl (C=O) groups is 1. The van der Waals surface area contributed by atoms with Gasteiger partial charge in [-0.2, -0.15) is 0 Å². The van der Waals surface area contributed by atoms with E-state index in [1.54, 1.807) is 30.8 Å². The molecule has 23 heavy (non-hydrogen) atoms. The highest BCUT2D eigenvalue weighted by Crippen LogP contribution is 2.19. The van der Waals surface area contributed by atoms with Crippen LogP contribution in [0.3, 0.4) is 0 Å². The Morgan fingerprint density at radius 1 is 1.17 bits per heavy atom. The maximum absolute atomic E-state index is 12.8. The molecule has 0 aromatic heterocycles. The van der Waals surface area contributed by atoms with E-state index >= 15 is 0 Å². The lowest BCUT2D eigenvalue weighted by atomic mass is 9.92. The first kappa shape index (κ1) is 17.5. The van der Waals surface area contributed by atoms with Gasteiger partial charge in [0.25, 0.3) is 0 Å². The minimum absolute atomic E-state index is 0.185. The molecule has 0 spiro atoms. The van der Waals surface area contributed by atoms with Gasteiger partial charge >= 0.3 is 0 Å². The normalized spacial score (nSPS) is 13.3. The van der Waals surface area contributed by atoms with Gasteiger partial charge in [0, 0.05) is 11.4 Å². The number of thioether (sulfide) groups is 1. The number of hydrogen-bond donors (Lipinski definition) is 2. The first-order valence-electron chi connectivity index (χ1n) is 7.51. The average molecular weight is 332 g/mol. The summed E-state index contributed by atoms with van der Waals surface area (Å²) in [5, 5.41) is 2.88. The Kier molecular flexibility index (Phi) is 6.19. The maximum atomic E-state index is 12.8. The molecule has 1 atom stereocenters. The molecule has 0 radical (unpaired) electrons. The fourth-order valence-corrected chi connectivity index (χ4v) is 2.95. The van der Waals surface area contributed by atoms with Gasteiger partial charge in [0.05, 0.1) is 0 Å². The van der Waals surface area contributed by atoms with Crippen molar-refractivity contribution in [2.75, 3.05) is 12.3 Å². The van der Waals surface area contributed by atoms with Crippen molar-refractivity contribution in [2.24, 2.45) is 5.73 Å². The predicted octanol–water partition coefficient (Wildman–Crippen LogP) is 3.30. The second kappa shape index (κ2) is 8.13. The molecule has 5 heteroatoms. The van der Waals surface area contributed by atoms with Crippen LogP contribution in [0.2, 0.25) is 0 Å². The Hall–Kier alpha value is -1.85. The van der Waals surface area contributed by atoms with Gasteiger partial charge in [0.15, 0.2) is 0 Å². The lowest BCUT2D eigenvalue weighted by molar-refractivity contribution is -0.126. The Balaban J connectivity index is 1.73. The molecular weight excluding hydrogens is 311 g/mol. The second-order valence-electron chi connectivity index (χ2n) is 5.48. The number of nitrogens with two attached hydrogens (primary N) is 1. The molecule has 2 aromatic carbocycles. The van der Waals surface area contributed by atoms with E-state index < -0.39 is 5.54 Å². The molecule has 122 valence electrons. The van der Waals surface area contributed by atoms with E-state index in [1.165, 1.54) is 12.1 Å². The van der Waals surface area contributed by atoms with Crippen LogP contribution in [0.4, 0.5) is 4.39 Å². The maximum Gasteiger partial charge on any atom is 0.244 e. The van der Waals surface area contributed by atoms with Crippen LogP contribution in [0, 0.1) is 5.82 Å². The van der Waals surface area contributed by atoms with Crippen LogP contribution in [-0.2, 0) is 10.3 Å². The molecule has 0 aliphatic heterocycles. The number of carbonyl (C=O) groups excluding carboxylic acids is 1. The van der Waals surface area contributed by atoms with E-state index in [4.69, 9.17) is 5.73 Å². The van der Waals surface area contributed by atoms with Gasteiger partial charge in [-0.1, -0.05) is 30.3 Å². The highest BCUT2D eigenvalue weighted by molar-refractivity contribution is 7.99. The minimum atomic E-state index is -1.04. The van der Waals surface area contributed by atoms with Crippen LogP contribution < -0.4 is 11.1 Å². The smallest absolute Gasteiger partial charge is 0.244 e. The molecule has 2 rings (SSSR count). The highest BCUT2D eigenvalue weighted by atomic mass is 32.2. The van der Waals surface area contributed by atoms with Gasteiger partial charge in [-0.3, -0.25) is 4.79 Å². The van der Waals surface area contributed by atoms with Gasteiger partial charge in [-0.05, 0) is 48.9 Å². The average Bonchev–Trinajstić information content (AvgIpc) is 2.57. The number of rotatable bonds is 7. The van der Waals surface area contributed by atoms with Crippen molar-refractivity contribution in [1.29, 1.82) is 0 Å². The minimum Gasteiger partial charge on any atom is -0.354 e. The van der Waals surface area contributed by atoms with Crippen molar-refractivity contribution in [2.45, 2.75) is 23.8 Å². The summed E-state index contributed by atoms with van der Waals surface area (Å²) in [6.07, 6.45) is 0.818. The number of benzene rings is 2. The quantitative estimate of drug-likeness (QED) is 0.604. The summed E-state index contributed by atoms with van der Waals surface area (Å²) in [6, 6.07) is 15.7. The fourth-order valence-electron chi connectivity index (χ4n) is 2.09. The van der Waals surface area contributed by atoms with Gasteiger partial charge in [-0.25, -0.2) is 4.39 Å². The fraction of sp³-hybridized carbons (Fsp3) is 0.278. The first-order valence-corrected chi connectivity index (χ1v) is 8.50. The summed E-state index contributed by atoms with van der Waals surface area (Å²) in [7, 11) is 0. The third-order valence-electron chi connectivity index (χ3n) is 3.53. The monoisotopic (exact) mass is 332 g/mol. The highest BCUT2D eigenvalue weighted by Gasteiger charge is 2.29. The molecule has 0 heterocycles. The Morgan fingerprint density at radius 2 is 1.83 bits per heavy atom. The number of nitrogens with one attached hydrogen (secondary N) is 1. The SMILES string of the molecule is CC(N)(C(=O)NCCCSc1ccc(F)cc1)c1ccccc1. The topological polar surface area (TPSA) is 55.1 Å². The van der Waals surface area contributed by atoms with E-state index in [0.717, 1.165) is 22.6 Å². The molecule has 0 aliphatic carbocycles. The molecule has 0 saturated carbocycles. The second-order valence-corrected chi connectivity index (χ2v) is 6.65. The van der Waals surface area contributed by atoms with Gasteiger partial charge in [0.2, 0.25) is 5.91 Å². The molecular formula is C18H21FN2OS.